The average Bonchev–Trinajstić information content (AvgIpc) is 2.75. The second-order valence-corrected chi connectivity index (χ2v) is 7.48. The standard InChI is InChI=1S/C25H32O5/c1-4-5-19-6-8-21(9-7-19)22-10-11-24(30-17-20(15-26)16-27)23(14-22)12-13-29-25(28)18(2)3/h6-11,14,20,26-27H,2,4-5,12-13,15-17H2,1,3H3. The lowest BCUT2D eigenvalue weighted by molar-refractivity contribution is -0.138. The molecule has 2 rings (SSSR count). The van der Waals surface area contributed by atoms with Crippen LogP contribution in [0.25, 0.3) is 11.1 Å². The van der Waals surface area contributed by atoms with E-state index in [1.807, 2.05) is 18.2 Å². The first-order valence-electron chi connectivity index (χ1n) is 10.4. The van der Waals surface area contributed by atoms with E-state index in [1.54, 1.807) is 6.92 Å². The van der Waals surface area contributed by atoms with Crippen molar-refractivity contribution >= 4 is 5.97 Å². The number of aliphatic hydroxyl groups excluding tert-OH is 2. The van der Waals surface area contributed by atoms with Gasteiger partial charge in [-0.25, -0.2) is 4.79 Å². The summed E-state index contributed by atoms with van der Waals surface area (Å²) in [4.78, 5) is 11.7. The molecule has 2 aromatic rings. The summed E-state index contributed by atoms with van der Waals surface area (Å²) in [5.74, 6) is -0.106. The Morgan fingerprint density at radius 2 is 1.70 bits per heavy atom. The molecule has 0 bridgehead atoms. The van der Waals surface area contributed by atoms with E-state index < -0.39 is 5.97 Å². The van der Waals surface area contributed by atoms with Gasteiger partial charge >= 0.3 is 5.97 Å². The van der Waals surface area contributed by atoms with Gasteiger partial charge in [0, 0.05) is 17.9 Å². The van der Waals surface area contributed by atoms with Crippen molar-refractivity contribution in [2.24, 2.45) is 5.92 Å². The molecule has 30 heavy (non-hydrogen) atoms. The number of carbonyl (C=O) groups is 1. The predicted molar refractivity (Wildman–Crippen MR) is 119 cm³/mol. The van der Waals surface area contributed by atoms with Crippen LogP contribution in [0.5, 0.6) is 5.75 Å². The molecule has 0 atom stereocenters. The number of esters is 1. The van der Waals surface area contributed by atoms with E-state index in [-0.39, 0.29) is 32.3 Å². The number of aryl methyl sites for hydroxylation is 1. The van der Waals surface area contributed by atoms with Gasteiger partial charge < -0.3 is 19.7 Å². The Labute approximate surface area is 179 Å². The molecular formula is C25H32O5. The number of hydrogen-bond donors (Lipinski definition) is 2. The van der Waals surface area contributed by atoms with E-state index in [1.165, 1.54) is 5.56 Å². The molecule has 0 aromatic heterocycles. The number of carbonyl (C=O) groups excluding carboxylic acids is 1. The molecule has 0 heterocycles. The summed E-state index contributed by atoms with van der Waals surface area (Å²) in [7, 11) is 0. The summed E-state index contributed by atoms with van der Waals surface area (Å²) in [6.45, 7) is 7.49. The van der Waals surface area contributed by atoms with Gasteiger partial charge in [0.05, 0.1) is 26.4 Å². The highest BCUT2D eigenvalue weighted by Gasteiger charge is 2.12. The van der Waals surface area contributed by atoms with Crippen molar-refractivity contribution in [1.82, 2.24) is 0 Å². The Bertz CT molecular complexity index is 822. The van der Waals surface area contributed by atoms with Crippen molar-refractivity contribution in [3.63, 3.8) is 0 Å². The Hall–Kier alpha value is -2.63. The van der Waals surface area contributed by atoms with Crippen molar-refractivity contribution in [3.05, 3.63) is 65.7 Å². The summed E-state index contributed by atoms with van der Waals surface area (Å²) >= 11 is 0. The molecule has 0 aliphatic rings. The molecule has 2 N–H and O–H groups in total. The van der Waals surface area contributed by atoms with Crippen LogP contribution in [0.1, 0.15) is 31.4 Å². The molecule has 162 valence electrons. The number of ether oxygens (including phenoxy) is 2. The molecule has 0 saturated heterocycles. The highest BCUT2D eigenvalue weighted by molar-refractivity contribution is 5.86. The van der Waals surface area contributed by atoms with Crippen LogP contribution in [0.15, 0.2) is 54.6 Å². The third kappa shape index (κ3) is 7.01. The van der Waals surface area contributed by atoms with E-state index >= 15 is 0 Å². The molecule has 2 aromatic carbocycles. The lowest BCUT2D eigenvalue weighted by atomic mass is 9.99. The van der Waals surface area contributed by atoms with Crippen LogP contribution in [0.4, 0.5) is 0 Å². The normalized spacial score (nSPS) is 10.8. The fourth-order valence-electron chi connectivity index (χ4n) is 3.00. The quantitative estimate of drug-likeness (QED) is 0.408. The van der Waals surface area contributed by atoms with Crippen LogP contribution in [0.3, 0.4) is 0 Å². The summed E-state index contributed by atoms with van der Waals surface area (Å²) in [6.07, 6.45) is 2.66. The van der Waals surface area contributed by atoms with E-state index in [0.717, 1.165) is 29.5 Å². The molecule has 0 unspecified atom stereocenters. The zero-order valence-electron chi connectivity index (χ0n) is 17.9. The first kappa shape index (κ1) is 23.6. The molecule has 0 spiro atoms. The van der Waals surface area contributed by atoms with Crippen LogP contribution in [0.2, 0.25) is 0 Å². The lowest BCUT2D eigenvalue weighted by Crippen LogP contribution is -2.20. The van der Waals surface area contributed by atoms with Gasteiger partial charge in [-0.15, -0.1) is 0 Å². The molecule has 5 nitrogen and oxygen atoms in total. The maximum Gasteiger partial charge on any atom is 0.333 e. The Morgan fingerprint density at radius 1 is 1.03 bits per heavy atom. The van der Waals surface area contributed by atoms with Crippen molar-refractivity contribution < 1.29 is 24.5 Å². The number of benzene rings is 2. The molecule has 0 fully saturated rings. The zero-order valence-corrected chi connectivity index (χ0v) is 17.9. The zero-order chi connectivity index (χ0) is 21.9. The first-order chi connectivity index (χ1) is 14.5. The molecule has 0 amide bonds. The van der Waals surface area contributed by atoms with Gasteiger partial charge in [-0.2, -0.15) is 0 Å². The highest BCUT2D eigenvalue weighted by Crippen LogP contribution is 2.28. The molecule has 0 aliphatic heterocycles. The van der Waals surface area contributed by atoms with Gasteiger partial charge in [0.1, 0.15) is 5.75 Å². The fraction of sp³-hybridized carbons (Fsp3) is 0.400. The smallest absolute Gasteiger partial charge is 0.333 e. The molecular weight excluding hydrogens is 380 g/mol. The summed E-state index contributed by atoms with van der Waals surface area (Å²) in [6, 6.07) is 14.4. The molecule has 0 radical (unpaired) electrons. The Kier molecular flexibility index (Phi) is 9.58. The minimum atomic E-state index is -0.416. The van der Waals surface area contributed by atoms with Crippen LogP contribution in [-0.2, 0) is 22.4 Å². The van der Waals surface area contributed by atoms with Crippen LogP contribution >= 0.6 is 0 Å². The van der Waals surface area contributed by atoms with Crippen molar-refractivity contribution in [2.45, 2.75) is 33.1 Å². The van der Waals surface area contributed by atoms with Gasteiger partial charge in [-0.1, -0.05) is 50.3 Å². The van der Waals surface area contributed by atoms with Crippen LogP contribution in [-0.4, -0.2) is 42.6 Å². The van der Waals surface area contributed by atoms with E-state index in [4.69, 9.17) is 9.47 Å². The first-order valence-corrected chi connectivity index (χ1v) is 10.4. The SMILES string of the molecule is C=C(C)C(=O)OCCc1cc(-c2ccc(CCC)cc2)ccc1OCC(CO)CO. The highest BCUT2D eigenvalue weighted by atomic mass is 16.5. The topological polar surface area (TPSA) is 76.0 Å². The lowest BCUT2D eigenvalue weighted by Gasteiger charge is -2.17. The van der Waals surface area contributed by atoms with Gasteiger partial charge in [-0.3, -0.25) is 0 Å². The minimum absolute atomic E-state index is 0.149. The van der Waals surface area contributed by atoms with Crippen molar-refractivity contribution in [3.8, 4) is 16.9 Å². The summed E-state index contributed by atoms with van der Waals surface area (Å²) in [5.41, 5.74) is 4.72. The fourth-order valence-corrected chi connectivity index (χ4v) is 3.00. The number of hydrogen-bond acceptors (Lipinski definition) is 5. The van der Waals surface area contributed by atoms with Crippen LogP contribution < -0.4 is 4.74 Å². The third-order valence-electron chi connectivity index (χ3n) is 4.83. The summed E-state index contributed by atoms with van der Waals surface area (Å²) < 4.78 is 11.1. The van der Waals surface area contributed by atoms with Crippen LogP contribution in [0, 0.1) is 5.92 Å². The van der Waals surface area contributed by atoms with Crippen molar-refractivity contribution in [1.29, 1.82) is 0 Å². The maximum absolute atomic E-state index is 11.7. The summed E-state index contributed by atoms with van der Waals surface area (Å²) in [5, 5.41) is 18.6. The number of aliphatic hydroxyl groups is 2. The number of rotatable bonds is 12. The van der Waals surface area contributed by atoms with Gasteiger partial charge in [-0.05, 0) is 47.7 Å². The van der Waals surface area contributed by atoms with Crippen molar-refractivity contribution in [2.75, 3.05) is 26.4 Å². The molecule has 0 aliphatic carbocycles. The van der Waals surface area contributed by atoms with Gasteiger partial charge in [0.25, 0.3) is 0 Å². The molecule has 0 saturated carbocycles. The van der Waals surface area contributed by atoms with Gasteiger partial charge in [0.15, 0.2) is 0 Å². The Morgan fingerprint density at radius 3 is 2.30 bits per heavy atom. The second-order valence-electron chi connectivity index (χ2n) is 7.48. The largest absolute Gasteiger partial charge is 0.493 e. The monoisotopic (exact) mass is 412 g/mol. The average molecular weight is 413 g/mol. The van der Waals surface area contributed by atoms with E-state index in [2.05, 4.69) is 37.8 Å². The predicted octanol–water partition coefficient (Wildman–Crippen LogP) is 3.95. The maximum atomic E-state index is 11.7. The minimum Gasteiger partial charge on any atom is -0.493 e. The second kappa shape index (κ2) is 12.2. The van der Waals surface area contributed by atoms with Gasteiger partial charge in [0.2, 0.25) is 0 Å². The van der Waals surface area contributed by atoms with E-state index in [0.29, 0.717) is 17.7 Å². The molecule has 5 heteroatoms. The third-order valence-corrected chi connectivity index (χ3v) is 4.83. The van der Waals surface area contributed by atoms with E-state index in [9.17, 15) is 15.0 Å². The Balaban J connectivity index is 2.21.